The van der Waals surface area contributed by atoms with E-state index in [4.69, 9.17) is 5.11 Å². The number of nitrogens with one attached hydrogen (secondary N) is 1. The number of hydrogen-bond acceptors (Lipinski definition) is 4. The molecule has 0 radical (unpaired) electrons. The van der Waals surface area contributed by atoms with Crippen LogP contribution in [-0.4, -0.2) is 32.0 Å². The zero-order chi connectivity index (χ0) is 15.2. The summed E-state index contributed by atoms with van der Waals surface area (Å²) in [7, 11) is 0. The molecule has 0 atom stereocenters. The molecule has 0 aliphatic rings. The van der Waals surface area contributed by atoms with E-state index in [1.54, 1.807) is 18.2 Å². The van der Waals surface area contributed by atoms with E-state index in [0.717, 1.165) is 0 Å². The SMILES string of the molecule is O=C(O)Cc1cn(CC(=O)NCc2ccccc2F)nn1. The van der Waals surface area contributed by atoms with E-state index < -0.39 is 5.97 Å². The van der Waals surface area contributed by atoms with Crippen molar-refractivity contribution in [3.05, 3.63) is 47.5 Å². The first-order valence-electron chi connectivity index (χ1n) is 6.15. The molecule has 8 heteroatoms. The smallest absolute Gasteiger partial charge is 0.309 e. The zero-order valence-electron chi connectivity index (χ0n) is 11.0. The first-order chi connectivity index (χ1) is 10.0. The number of hydrogen-bond donors (Lipinski definition) is 2. The fraction of sp³-hybridized carbons (Fsp3) is 0.231. The maximum Gasteiger partial charge on any atom is 0.309 e. The number of carboxylic acid groups (broad SMARTS) is 1. The molecule has 0 fully saturated rings. The van der Waals surface area contributed by atoms with Gasteiger partial charge in [0.15, 0.2) is 0 Å². The summed E-state index contributed by atoms with van der Waals surface area (Å²) in [6, 6.07) is 6.15. The summed E-state index contributed by atoms with van der Waals surface area (Å²) >= 11 is 0. The summed E-state index contributed by atoms with van der Waals surface area (Å²) in [6.45, 7) is -0.0384. The molecule has 1 heterocycles. The molecule has 2 N–H and O–H groups in total. The Kier molecular flexibility index (Phi) is 4.60. The minimum atomic E-state index is -1.02. The minimum absolute atomic E-state index is 0.0716. The van der Waals surface area contributed by atoms with Gasteiger partial charge in [-0.25, -0.2) is 9.07 Å². The van der Waals surface area contributed by atoms with Crippen molar-refractivity contribution in [2.24, 2.45) is 0 Å². The molecule has 0 spiro atoms. The summed E-state index contributed by atoms with van der Waals surface area (Å²) in [5.41, 5.74) is 0.653. The average molecular weight is 292 g/mol. The molecule has 0 aliphatic heterocycles. The monoisotopic (exact) mass is 292 g/mol. The normalized spacial score (nSPS) is 10.3. The van der Waals surface area contributed by atoms with E-state index in [0.29, 0.717) is 5.56 Å². The lowest BCUT2D eigenvalue weighted by atomic mass is 10.2. The maximum atomic E-state index is 13.4. The van der Waals surface area contributed by atoms with Gasteiger partial charge < -0.3 is 10.4 Å². The molecule has 0 bridgehead atoms. The van der Waals surface area contributed by atoms with E-state index in [9.17, 15) is 14.0 Å². The number of amides is 1. The third kappa shape index (κ3) is 4.37. The Bertz CT molecular complexity index is 656. The van der Waals surface area contributed by atoms with E-state index in [1.165, 1.54) is 16.9 Å². The van der Waals surface area contributed by atoms with Crippen LogP contribution in [0.4, 0.5) is 4.39 Å². The Labute approximate surface area is 119 Å². The summed E-state index contributed by atoms with van der Waals surface area (Å²) < 4.78 is 14.6. The molecule has 0 saturated heterocycles. The van der Waals surface area contributed by atoms with E-state index in [1.807, 2.05) is 0 Å². The molecular weight excluding hydrogens is 279 g/mol. The van der Waals surface area contributed by atoms with Gasteiger partial charge in [0, 0.05) is 18.3 Å². The number of carbonyl (C=O) groups excluding carboxylic acids is 1. The quantitative estimate of drug-likeness (QED) is 0.801. The lowest BCUT2D eigenvalue weighted by molar-refractivity contribution is -0.136. The number of nitrogens with zero attached hydrogens (tertiary/aromatic N) is 3. The van der Waals surface area contributed by atoms with Crippen LogP contribution in [0.5, 0.6) is 0 Å². The van der Waals surface area contributed by atoms with Crippen LogP contribution in [0, 0.1) is 5.82 Å². The molecule has 21 heavy (non-hydrogen) atoms. The number of halogens is 1. The Hall–Kier alpha value is -2.77. The van der Waals surface area contributed by atoms with Gasteiger partial charge in [-0.2, -0.15) is 0 Å². The van der Waals surface area contributed by atoms with Gasteiger partial charge in [0.25, 0.3) is 0 Å². The van der Waals surface area contributed by atoms with Crippen LogP contribution < -0.4 is 5.32 Å². The topological polar surface area (TPSA) is 97.1 Å². The van der Waals surface area contributed by atoms with Crippen LogP contribution in [-0.2, 0) is 29.1 Å². The molecule has 0 unspecified atom stereocenters. The van der Waals surface area contributed by atoms with Gasteiger partial charge in [-0.15, -0.1) is 5.10 Å². The number of carboxylic acids is 1. The van der Waals surface area contributed by atoms with E-state index >= 15 is 0 Å². The standard InChI is InChI=1S/C13H13FN4O3/c14-11-4-2-1-3-9(11)6-15-12(19)8-18-7-10(16-17-18)5-13(20)21/h1-4,7H,5-6,8H2,(H,15,19)(H,20,21). The molecule has 0 aliphatic carbocycles. The van der Waals surface area contributed by atoms with Crippen LogP contribution >= 0.6 is 0 Å². The van der Waals surface area contributed by atoms with Crippen molar-refractivity contribution in [2.45, 2.75) is 19.5 Å². The molecule has 1 aromatic heterocycles. The number of carbonyl (C=O) groups is 2. The van der Waals surface area contributed by atoms with Crippen LogP contribution in [0.3, 0.4) is 0 Å². The van der Waals surface area contributed by atoms with Gasteiger partial charge in [0.1, 0.15) is 12.4 Å². The zero-order valence-corrected chi connectivity index (χ0v) is 11.0. The van der Waals surface area contributed by atoms with Crippen molar-refractivity contribution >= 4 is 11.9 Å². The Morgan fingerprint density at radius 2 is 2.10 bits per heavy atom. The van der Waals surface area contributed by atoms with Gasteiger partial charge in [-0.1, -0.05) is 23.4 Å². The van der Waals surface area contributed by atoms with Crippen molar-refractivity contribution in [3.8, 4) is 0 Å². The highest BCUT2D eigenvalue weighted by Gasteiger charge is 2.09. The lowest BCUT2D eigenvalue weighted by Gasteiger charge is -2.05. The fourth-order valence-corrected chi connectivity index (χ4v) is 1.69. The number of rotatable bonds is 6. The van der Waals surface area contributed by atoms with Gasteiger partial charge in [-0.05, 0) is 6.07 Å². The molecule has 2 rings (SSSR count). The van der Waals surface area contributed by atoms with Crippen LogP contribution in [0.1, 0.15) is 11.3 Å². The van der Waals surface area contributed by atoms with E-state index in [-0.39, 0.29) is 36.9 Å². The van der Waals surface area contributed by atoms with Crippen molar-refractivity contribution in [1.82, 2.24) is 20.3 Å². The van der Waals surface area contributed by atoms with Gasteiger partial charge >= 0.3 is 5.97 Å². The lowest BCUT2D eigenvalue weighted by Crippen LogP contribution is -2.27. The van der Waals surface area contributed by atoms with Gasteiger partial charge in [-0.3, -0.25) is 9.59 Å². The second kappa shape index (κ2) is 6.60. The Morgan fingerprint density at radius 3 is 2.81 bits per heavy atom. The maximum absolute atomic E-state index is 13.4. The summed E-state index contributed by atoms with van der Waals surface area (Å²) in [5, 5.41) is 18.4. The van der Waals surface area contributed by atoms with Crippen molar-refractivity contribution in [1.29, 1.82) is 0 Å². The molecule has 110 valence electrons. The molecular formula is C13H13FN4O3. The highest BCUT2D eigenvalue weighted by atomic mass is 19.1. The molecule has 1 amide bonds. The fourth-order valence-electron chi connectivity index (χ4n) is 1.69. The van der Waals surface area contributed by atoms with Crippen molar-refractivity contribution in [2.75, 3.05) is 0 Å². The van der Waals surface area contributed by atoms with Crippen LogP contribution in [0.25, 0.3) is 0 Å². The third-order valence-electron chi connectivity index (χ3n) is 2.66. The highest BCUT2D eigenvalue weighted by Crippen LogP contribution is 2.05. The van der Waals surface area contributed by atoms with Crippen molar-refractivity contribution in [3.63, 3.8) is 0 Å². The molecule has 2 aromatic rings. The average Bonchev–Trinajstić information content (AvgIpc) is 2.84. The third-order valence-corrected chi connectivity index (χ3v) is 2.66. The van der Waals surface area contributed by atoms with Crippen LogP contribution in [0.2, 0.25) is 0 Å². The predicted molar refractivity (Wildman–Crippen MR) is 69.6 cm³/mol. The summed E-state index contributed by atoms with van der Waals surface area (Å²) in [5.74, 6) is -1.78. The molecule has 0 saturated carbocycles. The second-order valence-electron chi connectivity index (χ2n) is 4.35. The minimum Gasteiger partial charge on any atom is -0.481 e. The van der Waals surface area contributed by atoms with Crippen LogP contribution in [0.15, 0.2) is 30.5 Å². The van der Waals surface area contributed by atoms with Gasteiger partial charge in [0.2, 0.25) is 5.91 Å². The highest BCUT2D eigenvalue weighted by molar-refractivity contribution is 5.75. The predicted octanol–water partition coefficient (Wildman–Crippen LogP) is 0.361. The summed E-state index contributed by atoms with van der Waals surface area (Å²) in [4.78, 5) is 22.2. The number of benzene rings is 1. The summed E-state index contributed by atoms with van der Waals surface area (Å²) in [6.07, 6.45) is 1.13. The molecule has 1 aromatic carbocycles. The Balaban J connectivity index is 1.86. The Morgan fingerprint density at radius 1 is 1.33 bits per heavy atom. The largest absolute Gasteiger partial charge is 0.481 e. The first kappa shape index (κ1) is 14.6. The van der Waals surface area contributed by atoms with Gasteiger partial charge in [0.05, 0.1) is 12.1 Å². The number of aromatic nitrogens is 3. The van der Waals surface area contributed by atoms with Crippen molar-refractivity contribution < 1.29 is 19.1 Å². The van der Waals surface area contributed by atoms with E-state index in [2.05, 4.69) is 15.6 Å². The second-order valence-corrected chi connectivity index (χ2v) is 4.35. The number of aliphatic carboxylic acids is 1. The first-order valence-corrected chi connectivity index (χ1v) is 6.15. The molecule has 7 nitrogen and oxygen atoms in total.